The van der Waals surface area contributed by atoms with Crippen LogP contribution in [0.3, 0.4) is 0 Å². The van der Waals surface area contributed by atoms with Gasteiger partial charge in [-0.15, -0.1) is 13.2 Å². The van der Waals surface area contributed by atoms with Crippen LogP contribution in [0.5, 0.6) is 17.2 Å². The van der Waals surface area contributed by atoms with Crippen molar-refractivity contribution < 1.29 is 31.8 Å². The summed E-state index contributed by atoms with van der Waals surface area (Å²) in [5.74, 6) is -2.37. The molecule has 1 aromatic heterocycles. The Bertz CT molecular complexity index is 1090. The number of nitrogens with two attached hydrogens (primary N) is 1. The molecule has 0 aliphatic rings. The standard InChI is InChI=1S/C20H15F4N3O3/c1-11-5-7-15(18(25)26-11)19(28)27-12-3-2-4-13(9-12)29-17-8-6-14(10-16(17)21)30-20(22,23)24/h2-10H,1H3,(H2,25,26)(H,27,28). The Morgan fingerprint density at radius 3 is 2.50 bits per heavy atom. The summed E-state index contributed by atoms with van der Waals surface area (Å²) in [7, 11) is 0. The normalized spacial score (nSPS) is 11.1. The number of hydrogen-bond acceptors (Lipinski definition) is 5. The van der Waals surface area contributed by atoms with Crippen molar-refractivity contribution in [2.24, 2.45) is 0 Å². The fourth-order valence-electron chi connectivity index (χ4n) is 2.49. The molecule has 0 saturated carbocycles. The molecule has 0 spiro atoms. The fourth-order valence-corrected chi connectivity index (χ4v) is 2.49. The zero-order valence-electron chi connectivity index (χ0n) is 15.5. The number of benzene rings is 2. The first-order valence-corrected chi connectivity index (χ1v) is 8.48. The van der Waals surface area contributed by atoms with Crippen LogP contribution in [0, 0.1) is 12.7 Å². The molecule has 156 valence electrons. The van der Waals surface area contributed by atoms with E-state index in [1.807, 2.05) is 0 Å². The maximum atomic E-state index is 14.1. The maximum Gasteiger partial charge on any atom is 0.573 e. The first kappa shape index (κ1) is 20.9. The van der Waals surface area contributed by atoms with Crippen LogP contribution in [-0.4, -0.2) is 17.3 Å². The van der Waals surface area contributed by atoms with Crippen molar-refractivity contribution >= 4 is 17.4 Å². The number of nitrogens with zero attached hydrogens (tertiary/aromatic N) is 1. The van der Waals surface area contributed by atoms with E-state index in [9.17, 15) is 22.4 Å². The number of carbonyl (C=O) groups excluding carboxylic acids is 1. The van der Waals surface area contributed by atoms with Gasteiger partial charge in [-0.2, -0.15) is 0 Å². The Kier molecular flexibility index (Phi) is 5.77. The summed E-state index contributed by atoms with van der Waals surface area (Å²) >= 11 is 0. The van der Waals surface area contributed by atoms with E-state index in [1.165, 1.54) is 18.2 Å². The largest absolute Gasteiger partial charge is 0.573 e. The number of hydrogen-bond donors (Lipinski definition) is 2. The number of aryl methyl sites for hydroxylation is 1. The fraction of sp³-hybridized carbons (Fsp3) is 0.100. The minimum atomic E-state index is -4.93. The number of nitrogens with one attached hydrogen (secondary N) is 1. The van der Waals surface area contributed by atoms with Gasteiger partial charge in [-0.1, -0.05) is 6.07 Å². The molecule has 6 nitrogen and oxygen atoms in total. The molecule has 1 heterocycles. The first-order valence-electron chi connectivity index (χ1n) is 8.48. The van der Waals surface area contributed by atoms with E-state index < -0.39 is 23.8 Å². The number of halogens is 4. The zero-order valence-corrected chi connectivity index (χ0v) is 15.5. The van der Waals surface area contributed by atoms with Gasteiger partial charge in [0.2, 0.25) is 0 Å². The Balaban J connectivity index is 1.73. The smallest absolute Gasteiger partial charge is 0.454 e. The van der Waals surface area contributed by atoms with Gasteiger partial charge in [0, 0.05) is 23.5 Å². The summed E-state index contributed by atoms with van der Waals surface area (Å²) in [6, 6.07) is 11.7. The average molecular weight is 421 g/mol. The van der Waals surface area contributed by atoms with Crippen LogP contribution >= 0.6 is 0 Å². The van der Waals surface area contributed by atoms with E-state index >= 15 is 0 Å². The average Bonchev–Trinajstić information content (AvgIpc) is 2.63. The number of carbonyl (C=O) groups is 1. The Morgan fingerprint density at radius 1 is 1.07 bits per heavy atom. The highest BCUT2D eigenvalue weighted by Crippen LogP contribution is 2.31. The Morgan fingerprint density at radius 2 is 1.83 bits per heavy atom. The summed E-state index contributed by atoms with van der Waals surface area (Å²) in [5, 5.41) is 2.62. The van der Waals surface area contributed by atoms with Gasteiger partial charge in [-0.25, -0.2) is 9.37 Å². The van der Waals surface area contributed by atoms with E-state index in [4.69, 9.17) is 10.5 Å². The first-order chi connectivity index (χ1) is 14.1. The van der Waals surface area contributed by atoms with Crippen LogP contribution in [0.4, 0.5) is 29.1 Å². The predicted molar refractivity (Wildman–Crippen MR) is 101 cm³/mol. The van der Waals surface area contributed by atoms with Crippen LogP contribution in [0.25, 0.3) is 0 Å². The molecular weight excluding hydrogens is 406 g/mol. The van der Waals surface area contributed by atoms with Gasteiger partial charge in [0.05, 0.1) is 5.56 Å². The molecule has 10 heteroatoms. The molecule has 3 N–H and O–H groups in total. The second-order valence-corrected chi connectivity index (χ2v) is 6.11. The number of amides is 1. The van der Waals surface area contributed by atoms with Gasteiger partial charge in [-0.05, 0) is 43.3 Å². The maximum absolute atomic E-state index is 14.1. The molecule has 0 atom stereocenters. The van der Waals surface area contributed by atoms with Crippen LogP contribution in [0.1, 0.15) is 16.1 Å². The lowest BCUT2D eigenvalue weighted by Crippen LogP contribution is -2.17. The van der Waals surface area contributed by atoms with E-state index in [2.05, 4.69) is 15.0 Å². The molecule has 3 aromatic rings. The monoisotopic (exact) mass is 421 g/mol. The van der Waals surface area contributed by atoms with Crippen molar-refractivity contribution in [1.82, 2.24) is 4.98 Å². The lowest BCUT2D eigenvalue weighted by Gasteiger charge is -2.12. The van der Waals surface area contributed by atoms with Crippen LogP contribution in [-0.2, 0) is 0 Å². The van der Waals surface area contributed by atoms with Crippen molar-refractivity contribution in [3.8, 4) is 17.2 Å². The third-order valence-electron chi connectivity index (χ3n) is 3.77. The summed E-state index contributed by atoms with van der Waals surface area (Å²) in [6.07, 6.45) is -4.93. The van der Waals surface area contributed by atoms with Crippen LogP contribution < -0.4 is 20.5 Å². The summed E-state index contributed by atoms with van der Waals surface area (Å²) in [6.45, 7) is 1.74. The summed E-state index contributed by atoms with van der Waals surface area (Å²) < 4.78 is 59.7. The molecule has 1 amide bonds. The van der Waals surface area contributed by atoms with Gasteiger partial charge < -0.3 is 20.5 Å². The van der Waals surface area contributed by atoms with Gasteiger partial charge in [0.25, 0.3) is 5.91 Å². The molecule has 0 bridgehead atoms. The van der Waals surface area contributed by atoms with E-state index in [0.717, 1.165) is 12.1 Å². The molecule has 0 aliphatic heterocycles. The topological polar surface area (TPSA) is 86.5 Å². The molecule has 30 heavy (non-hydrogen) atoms. The van der Waals surface area contributed by atoms with E-state index in [1.54, 1.807) is 25.1 Å². The van der Waals surface area contributed by atoms with Gasteiger partial charge in [0.1, 0.15) is 17.3 Å². The zero-order chi connectivity index (χ0) is 21.9. The number of ether oxygens (including phenoxy) is 2. The minimum absolute atomic E-state index is 0.0724. The van der Waals surface area contributed by atoms with Crippen molar-refractivity contribution in [2.75, 3.05) is 11.1 Å². The van der Waals surface area contributed by atoms with Crippen molar-refractivity contribution in [3.05, 3.63) is 71.7 Å². The molecule has 0 aliphatic carbocycles. The molecule has 2 aromatic carbocycles. The highest BCUT2D eigenvalue weighted by atomic mass is 19.4. The molecule has 0 fully saturated rings. The third kappa shape index (κ3) is 5.37. The number of rotatable bonds is 5. The van der Waals surface area contributed by atoms with E-state index in [0.29, 0.717) is 17.4 Å². The van der Waals surface area contributed by atoms with Gasteiger partial charge >= 0.3 is 6.36 Å². The second kappa shape index (κ2) is 8.27. The lowest BCUT2D eigenvalue weighted by molar-refractivity contribution is -0.274. The molecular formula is C20H15F4N3O3. The Labute approximate surface area is 168 Å². The number of anilines is 2. The van der Waals surface area contributed by atoms with Crippen molar-refractivity contribution in [2.45, 2.75) is 13.3 Å². The Hall–Kier alpha value is -3.82. The van der Waals surface area contributed by atoms with Gasteiger partial charge in [-0.3, -0.25) is 4.79 Å². The summed E-state index contributed by atoms with van der Waals surface area (Å²) in [5.41, 5.74) is 6.92. The van der Waals surface area contributed by atoms with Crippen LogP contribution in [0.15, 0.2) is 54.6 Å². The number of nitrogen functional groups attached to an aromatic ring is 1. The molecule has 0 unspecified atom stereocenters. The number of aromatic nitrogens is 1. The predicted octanol–water partition coefficient (Wildman–Crippen LogP) is 5.05. The number of pyridine rings is 1. The van der Waals surface area contributed by atoms with Crippen LogP contribution in [0.2, 0.25) is 0 Å². The lowest BCUT2D eigenvalue weighted by atomic mass is 10.2. The van der Waals surface area contributed by atoms with Crippen molar-refractivity contribution in [3.63, 3.8) is 0 Å². The quantitative estimate of drug-likeness (QED) is 0.563. The SMILES string of the molecule is Cc1ccc(C(=O)Nc2cccc(Oc3ccc(OC(F)(F)F)cc3F)c2)c(N)n1. The van der Waals surface area contributed by atoms with Crippen molar-refractivity contribution in [1.29, 1.82) is 0 Å². The summed E-state index contributed by atoms with van der Waals surface area (Å²) in [4.78, 5) is 16.4. The molecule has 0 saturated heterocycles. The minimum Gasteiger partial charge on any atom is -0.454 e. The highest BCUT2D eigenvalue weighted by Gasteiger charge is 2.31. The van der Waals surface area contributed by atoms with Gasteiger partial charge in [0.15, 0.2) is 11.6 Å². The number of alkyl halides is 3. The third-order valence-corrected chi connectivity index (χ3v) is 3.77. The molecule has 3 rings (SSSR count). The van der Waals surface area contributed by atoms with E-state index in [-0.39, 0.29) is 22.9 Å². The second-order valence-electron chi connectivity index (χ2n) is 6.11. The highest BCUT2D eigenvalue weighted by molar-refractivity contribution is 6.07. The molecule has 0 radical (unpaired) electrons.